The molecule has 0 aliphatic carbocycles. The van der Waals surface area contributed by atoms with Crippen LogP contribution < -0.4 is 10.9 Å². The third-order valence-corrected chi connectivity index (χ3v) is 4.05. The molecule has 2 aliphatic heterocycles. The highest BCUT2D eigenvalue weighted by Gasteiger charge is 2.31. The number of nitrogens with zero attached hydrogens (tertiary/aromatic N) is 2. The van der Waals surface area contributed by atoms with E-state index in [1.807, 2.05) is 12.2 Å². The molecule has 20 heavy (non-hydrogen) atoms. The van der Waals surface area contributed by atoms with E-state index in [1.165, 1.54) is 0 Å². The fourth-order valence-electron chi connectivity index (χ4n) is 2.82. The second-order valence-electron chi connectivity index (χ2n) is 5.24. The summed E-state index contributed by atoms with van der Waals surface area (Å²) >= 11 is 0. The van der Waals surface area contributed by atoms with Gasteiger partial charge in [-0.2, -0.15) is 0 Å². The molecule has 112 valence electrons. The number of carbonyl (C=O) groups excluding carboxylic acids is 1. The normalized spacial score (nSPS) is 27.0. The molecule has 2 aliphatic rings. The van der Waals surface area contributed by atoms with E-state index in [4.69, 9.17) is 0 Å². The molecule has 0 aromatic carbocycles. The Hall–Kier alpha value is -1.33. The Balaban J connectivity index is 2.09. The van der Waals surface area contributed by atoms with Gasteiger partial charge in [0.05, 0.1) is 11.4 Å². The summed E-state index contributed by atoms with van der Waals surface area (Å²) in [5, 5.41) is 4.22. The number of carbonyl (C=O) groups is 1. The third-order valence-electron chi connectivity index (χ3n) is 4.05. The van der Waals surface area contributed by atoms with Crippen LogP contribution >= 0.6 is 0 Å². The van der Waals surface area contributed by atoms with Crippen molar-refractivity contribution in [3.8, 4) is 0 Å². The first-order valence-electron chi connectivity index (χ1n) is 7.69. The van der Waals surface area contributed by atoms with Gasteiger partial charge in [-0.1, -0.05) is 27.7 Å². The molecule has 2 atom stereocenters. The van der Waals surface area contributed by atoms with E-state index in [0.717, 1.165) is 25.9 Å². The number of nitrogens with one attached hydrogen (secondary N) is 2. The molecule has 2 unspecified atom stereocenters. The summed E-state index contributed by atoms with van der Waals surface area (Å²) in [5.41, 5.74) is 7.86. The van der Waals surface area contributed by atoms with Gasteiger partial charge in [0, 0.05) is 25.2 Å². The second-order valence-corrected chi connectivity index (χ2v) is 5.24. The molecule has 0 aromatic rings. The smallest absolute Gasteiger partial charge is 0.226 e. The minimum Gasteiger partial charge on any atom is -0.315 e. The Morgan fingerprint density at radius 1 is 0.950 bits per heavy atom. The molecule has 2 N–H and O–H groups in total. The topological polar surface area (TPSA) is 47.6 Å². The highest BCUT2D eigenvalue weighted by Crippen LogP contribution is 2.20. The Morgan fingerprint density at radius 3 is 1.60 bits per heavy atom. The van der Waals surface area contributed by atoms with Gasteiger partial charge in [-0.05, 0) is 25.0 Å². The predicted octanol–water partition coefficient (Wildman–Crippen LogP) is 1.56. The lowest BCUT2D eigenvalue weighted by Crippen LogP contribution is -2.41. The molecule has 2 rings (SSSR count). The minimum atomic E-state index is 0.0637. The number of hydrogen-bond donors (Lipinski definition) is 2. The van der Waals surface area contributed by atoms with Gasteiger partial charge in [0.25, 0.3) is 0 Å². The van der Waals surface area contributed by atoms with E-state index in [-0.39, 0.29) is 5.78 Å². The van der Waals surface area contributed by atoms with E-state index in [2.05, 4.69) is 48.6 Å². The molecule has 0 fully saturated rings. The van der Waals surface area contributed by atoms with E-state index in [1.54, 1.807) is 0 Å². The lowest BCUT2D eigenvalue weighted by atomic mass is 10.1. The summed E-state index contributed by atoms with van der Waals surface area (Å²) in [7, 11) is 0. The zero-order valence-electron chi connectivity index (χ0n) is 12.9. The molecular formula is C15H26N4O. The summed E-state index contributed by atoms with van der Waals surface area (Å²) in [4.78, 5) is 12.6. The summed E-state index contributed by atoms with van der Waals surface area (Å²) < 4.78 is 0. The average Bonchev–Trinajstić information content (AvgIpc) is 3.09. The largest absolute Gasteiger partial charge is 0.315 e. The van der Waals surface area contributed by atoms with Gasteiger partial charge in [0.2, 0.25) is 5.78 Å². The summed E-state index contributed by atoms with van der Waals surface area (Å²) in [6.07, 6.45) is 6.10. The van der Waals surface area contributed by atoms with Crippen molar-refractivity contribution >= 4 is 5.78 Å². The Kier molecular flexibility index (Phi) is 4.83. The number of hydrazine groups is 2. The maximum atomic E-state index is 12.6. The zero-order chi connectivity index (χ0) is 14.7. The van der Waals surface area contributed by atoms with Crippen molar-refractivity contribution in [2.75, 3.05) is 13.1 Å². The first kappa shape index (κ1) is 15.1. The number of hydrogen-bond acceptors (Lipinski definition) is 5. The Labute approximate surface area is 121 Å². The van der Waals surface area contributed by atoms with Gasteiger partial charge >= 0.3 is 0 Å². The fourth-order valence-corrected chi connectivity index (χ4v) is 2.82. The van der Waals surface area contributed by atoms with Crippen LogP contribution in [0, 0.1) is 0 Å². The molecule has 0 saturated heterocycles. The van der Waals surface area contributed by atoms with Crippen LogP contribution in [0.1, 0.15) is 40.5 Å². The molecule has 0 aromatic heterocycles. The maximum absolute atomic E-state index is 12.6. The quantitative estimate of drug-likeness (QED) is 0.772. The first-order chi connectivity index (χ1) is 9.64. The van der Waals surface area contributed by atoms with E-state index in [9.17, 15) is 4.79 Å². The molecule has 0 saturated carbocycles. The van der Waals surface area contributed by atoms with Crippen molar-refractivity contribution < 1.29 is 4.79 Å². The highest BCUT2D eigenvalue weighted by atomic mass is 16.1. The Morgan fingerprint density at radius 2 is 1.35 bits per heavy atom. The predicted molar refractivity (Wildman–Crippen MR) is 80.4 cm³/mol. The number of rotatable bonds is 6. The lowest BCUT2D eigenvalue weighted by molar-refractivity contribution is -0.113. The van der Waals surface area contributed by atoms with Crippen LogP contribution in [0.5, 0.6) is 0 Å². The molecule has 0 spiro atoms. The lowest BCUT2D eigenvalue weighted by Gasteiger charge is -2.23. The van der Waals surface area contributed by atoms with Crippen molar-refractivity contribution in [1.82, 2.24) is 20.9 Å². The average molecular weight is 278 g/mol. The van der Waals surface area contributed by atoms with E-state index < -0.39 is 0 Å². The van der Waals surface area contributed by atoms with Gasteiger partial charge in [0.1, 0.15) is 0 Å². The number of Topliss-reactive ketones (excluding diaryl/α,β-unsaturated/α-hetero) is 1. The Bertz CT molecular complexity index is 392. The van der Waals surface area contributed by atoms with Gasteiger partial charge in [-0.3, -0.25) is 4.79 Å². The van der Waals surface area contributed by atoms with Crippen molar-refractivity contribution in [3.63, 3.8) is 0 Å². The number of likely N-dealkylation sites (N-methyl/N-ethyl adjacent to an activating group) is 2. The van der Waals surface area contributed by atoms with Gasteiger partial charge < -0.3 is 10.9 Å². The number of ketones is 1. The van der Waals surface area contributed by atoms with Crippen molar-refractivity contribution in [2.45, 2.75) is 52.6 Å². The van der Waals surface area contributed by atoms with Crippen LogP contribution in [0.2, 0.25) is 0 Å². The van der Waals surface area contributed by atoms with Gasteiger partial charge in [-0.15, -0.1) is 0 Å². The highest BCUT2D eigenvalue weighted by molar-refractivity contribution is 6.07. The summed E-state index contributed by atoms with van der Waals surface area (Å²) in [5.74, 6) is 0.0637. The van der Waals surface area contributed by atoms with Crippen molar-refractivity contribution in [3.05, 3.63) is 23.5 Å². The molecule has 2 heterocycles. The van der Waals surface area contributed by atoms with E-state index >= 15 is 0 Å². The zero-order valence-corrected chi connectivity index (χ0v) is 12.9. The second kappa shape index (κ2) is 6.41. The van der Waals surface area contributed by atoms with Gasteiger partial charge in [0.15, 0.2) is 0 Å². The molecule has 0 amide bonds. The molecule has 0 bridgehead atoms. The first-order valence-corrected chi connectivity index (χ1v) is 7.69. The molecular weight excluding hydrogens is 252 g/mol. The monoisotopic (exact) mass is 278 g/mol. The standard InChI is InChI=1S/C15H26N4O/c1-5-11-9-13(16-18(11)7-3)15(20)14-10-12(6-2)19(8-4)17-14/h9-12,16-17H,5-8H2,1-4H3. The van der Waals surface area contributed by atoms with Crippen LogP contribution in [0.4, 0.5) is 0 Å². The van der Waals surface area contributed by atoms with Crippen LogP contribution in [0.15, 0.2) is 23.5 Å². The van der Waals surface area contributed by atoms with Crippen LogP contribution in [0.3, 0.4) is 0 Å². The van der Waals surface area contributed by atoms with Gasteiger partial charge in [-0.25, -0.2) is 10.0 Å². The van der Waals surface area contributed by atoms with Crippen LogP contribution in [0.25, 0.3) is 0 Å². The van der Waals surface area contributed by atoms with Crippen LogP contribution in [-0.2, 0) is 4.79 Å². The van der Waals surface area contributed by atoms with Crippen molar-refractivity contribution in [2.24, 2.45) is 0 Å². The maximum Gasteiger partial charge on any atom is 0.226 e. The molecule has 5 heteroatoms. The SMILES string of the molecule is CCC1C=C(C(=O)C2=CC(CC)N(CC)N2)NN1CC. The summed E-state index contributed by atoms with van der Waals surface area (Å²) in [6, 6.07) is 0.621. The minimum absolute atomic E-state index is 0.0637. The summed E-state index contributed by atoms with van der Waals surface area (Å²) in [6.45, 7) is 10.2. The van der Waals surface area contributed by atoms with E-state index in [0.29, 0.717) is 23.5 Å². The van der Waals surface area contributed by atoms with Crippen LogP contribution in [-0.4, -0.2) is 41.0 Å². The third kappa shape index (κ3) is 2.74. The molecule has 0 radical (unpaired) electrons. The fraction of sp³-hybridized carbons (Fsp3) is 0.667. The van der Waals surface area contributed by atoms with Crippen molar-refractivity contribution in [1.29, 1.82) is 0 Å². The molecule has 5 nitrogen and oxygen atoms in total.